The summed E-state index contributed by atoms with van der Waals surface area (Å²) in [4.78, 5) is 27.2. The van der Waals surface area contributed by atoms with Crippen LogP contribution in [0.4, 0.5) is 10.1 Å². The Balaban J connectivity index is 1.58. The van der Waals surface area contributed by atoms with Crippen molar-refractivity contribution in [1.29, 1.82) is 5.26 Å². The highest BCUT2D eigenvalue weighted by atomic mass is 19.1. The fraction of sp³-hybridized carbons (Fsp3) is 0.192. The average molecular weight is 443 g/mol. The van der Waals surface area contributed by atoms with Crippen molar-refractivity contribution in [2.24, 2.45) is 0 Å². The zero-order valence-electron chi connectivity index (χ0n) is 18.0. The van der Waals surface area contributed by atoms with E-state index in [-0.39, 0.29) is 30.7 Å². The lowest BCUT2D eigenvalue weighted by Crippen LogP contribution is -2.39. The fourth-order valence-electron chi connectivity index (χ4n) is 3.71. The van der Waals surface area contributed by atoms with Gasteiger partial charge in [0.2, 0.25) is 0 Å². The molecule has 6 nitrogen and oxygen atoms in total. The first kappa shape index (κ1) is 22.0. The van der Waals surface area contributed by atoms with Gasteiger partial charge in [0.1, 0.15) is 11.6 Å². The number of hydrogen-bond acceptors (Lipinski definition) is 4. The van der Waals surface area contributed by atoms with E-state index in [1.807, 2.05) is 13.0 Å². The highest BCUT2D eigenvalue weighted by molar-refractivity contribution is 6.04. The number of nitriles is 1. The topological polar surface area (TPSA) is 82.4 Å². The Kier molecular flexibility index (Phi) is 6.36. The van der Waals surface area contributed by atoms with Gasteiger partial charge in [-0.3, -0.25) is 9.59 Å². The van der Waals surface area contributed by atoms with Crippen molar-refractivity contribution < 1.29 is 18.7 Å². The van der Waals surface area contributed by atoms with E-state index in [4.69, 9.17) is 10.00 Å². The third-order valence-electron chi connectivity index (χ3n) is 5.50. The number of carbonyl (C=O) groups is 2. The average Bonchev–Trinajstić information content (AvgIpc) is 2.96. The van der Waals surface area contributed by atoms with E-state index in [9.17, 15) is 14.0 Å². The second kappa shape index (κ2) is 9.53. The number of nitrogens with one attached hydrogen (secondary N) is 1. The molecule has 4 rings (SSSR count). The molecule has 0 fully saturated rings. The zero-order valence-corrected chi connectivity index (χ0v) is 18.0. The van der Waals surface area contributed by atoms with Gasteiger partial charge in [-0.2, -0.15) is 5.26 Å². The predicted molar refractivity (Wildman–Crippen MR) is 121 cm³/mol. The summed E-state index contributed by atoms with van der Waals surface area (Å²) in [5, 5.41) is 11.7. The molecule has 0 saturated carbocycles. The van der Waals surface area contributed by atoms with Gasteiger partial charge in [-0.15, -0.1) is 0 Å². The Labute approximate surface area is 191 Å². The van der Waals surface area contributed by atoms with Crippen molar-refractivity contribution in [3.05, 3.63) is 94.8 Å². The number of amides is 2. The first-order valence-corrected chi connectivity index (χ1v) is 10.6. The van der Waals surface area contributed by atoms with E-state index < -0.39 is 6.10 Å². The van der Waals surface area contributed by atoms with E-state index in [0.29, 0.717) is 40.1 Å². The summed E-state index contributed by atoms with van der Waals surface area (Å²) in [7, 11) is 0. The second-order valence-electron chi connectivity index (χ2n) is 7.77. The standard InChI is InChI=1S/C26H22FN3O3/c1-2-23-26(32)30(15-19-5-3-4-6-22(19)27)16-20-13-21(11-12-24(20)33-23)29-25(31)18-9-7-17(14-28)8-10-18/h3-13,23H,2,15-16H2,1H3,(H,29,31)/t23-/m0/s1. The highest BCUT2D eigenvalue weighted by Gasteiger charge is 2.30. The molecule has 1 aliphatic heterocycles. The number of nitrogens with zero attached hydrogens (tertiary/aromatic N) is 2. The summed E-state index contributed by atoms with van der Waals surface area (Å²) in [6, 6.07) is 19.9. The minimum atomic E-state index is -0.669. The molecule has 0 saturated heterocycles. The van der Waals surface area contributed by atoms with Crippen LogP contribution in [0.15, 0.2) is 66.7 Å². The summed E-state index contributed by atoms with van der Waals surface area (Å²) < 4.78 is 20.2. The molecule has 1 N–H and O–H groups in total. The van der Waals surface area contributed by atoms with Gasteiger partial charge >= 0.3 is 0 Å². The first-order chi connectivity index (χ1) is 16.0. The molecule has 0 bridgehead atoms. The zero-order chi connectivity index (χ0) is 23.4. The molecule has 166 valence electrons. The number of benzene rings is 3. The fourth-order valence-corrected chi connectivity index (χ4v) is 3.71. The summed E-state index contributed by atoms with van der Waals surface area (Å²) in [5.41, 5.74) is 2.57. The number of rotatable bonds is 5. The molecule has 33 heavy (non-hydrogen) atoms. The Morgan fingerprint density at radius 1 is 1.18 bits per heavy atom. The van der Waals surface area contributed by atoms with Gasteiger partial charge in [0.15, 0.2) is 6.10 Å². The number of anilines is 1. The quantitative estimate of drug-likeness (QED) is 0.622. The molecule has 0 unspecified atom stereocenters. The van der Waals surface area contributed by atoms with E-state index in [0.717, 1.165) is 0 Å². The molecular formula is C26H22FN3O3. The third-order valence-corrected chi connectivity index (χ3v) is 5.50. The first-order valence-electron chi connectivity index (χ1n) is 10.6. The van der Waals surface area contributed by atoms with E-state index in [2.05, 4.69) is 5.32 Å². The van der Waals surface area contributed by atoms with E-state index >= 15 is 0 Å². The van der Waals surface area contributed by atoms with Crippen LogP contribution < -0.4 is 10.1 Å². The van der Waals surface area contributed by atoms with Crippen LogP contribution in [0.3, 0.4) is 0 Å². The van der Waals surface area contributed by atoms with Crippen molar-refractivity contribution in [2.45, 2.75) is 32.5 Å². The van der Waals surface area contributed by atoms with Crippen molar-refractivity contribution in [3.63, 3.8) is 0 Å². The molecule has 3 aromatic rings. The molecule has 0 aliphatic carbocycles. The van der Waals surface area contributed by atoms with E-state index in [1.54, 1.807) is 65.6 Å². The van der Waals surface area contributed by atoms with Crippen LogP contribution in [-0.4, -0.2) is 22.8 Å². The lowest BCUT2D eigenvalue weighted by atomic mass is 10.1. The lowest BCUT2D eigenvalue weighted by molar-refractivity contribution is -0.139. The largest absolute Gasteiger partial charge is 0.480 e. The van der Waals surface area contributed by atoms with Gasteiger partial charge in [-0.1, -0.05) is 25.1 Å². The SMILES string of the molecule is CC[C@@H]1Oc2ccc(NC(=O)c3ccc(C#N)cc3)cc2CN(Cc2ccccc2F)C1=O. The molecular weight excluding hydrogens is 421 g/mol. The van der Waals surface area contributed by atoms with Crippen LogP contribution >= 0.6 is 0 Å². The van der Waals surface area contributed by atoms with Gasteiger partial charge < -0.3 is 15.0 Å². The molecule has 7 heteroatoms. The smallest absolute Gasteiger partial charge is 0.264 e. The maximum Gasteiger partial charge on any atom is 0.264 e. The summed E-state index contributed by atoms with van der Waals surface area (Å²) in [6.45, 7) is 2.20. The summed E-state index contributed by atoms with van der Waals surface area (Å²) in [6.07, 6.45) is -0.194. The van der Waals surface area contributed by atoms with Crippen LogP contribution in [0.25, 0.3) is 0 Å². The molecule has 0 spiro atoms. The maximum atomic E-state index is 14.2. The lowest BCUT2D eigenvalue weighted by Gasteiger charge is -2.23. The number of hydrogen-bond donors (Lipinski definition) is 1. The van der Waals surface area contributed by atoms with Crippen LogP contribution in [0.1, 0.15) is 40.4 Å². The van der Waals surface area contributed by atoms with Crippen molar-refractivity contribution >= 4 is 17.5 Å². The third kappa shape index (κ3) is 4.85. The Morgan fingerprint density at radius 3 is 2.64 bits per heavy atom. The molecule has 0 aromatic heterocycles. The predicted octanol–water partition coefficient (Wildman–Crippen LogP) is 4.65. The molecule has 3 aromatic carbocycles. The van der Waals surface area contributed by atoms with Crippen molar-refractivity contribution in [2.75, 3.05) is 5.32 Å². The summed E-state index contributed by atoms with van der Waals surface area (Å²) in [5.74, 6) is -0.338. The molecule has 2 amide bonds. The van der Waals surface area contributed by atoms with Gasteiger partial charge in [0.05, 0.1) is 11.6 Å². The minimum absolute atomic E-state index is 0.118. The van der Waals surface area contributed by atoms with Crippen LogP contribution in [0.2, 0.25) is 0 Å². The van der Waals surface area contributed by atoms with Crippen LogP contribution in [-0.2, 0) is 17.9 Å². The van der Waals surface area contributed by atoms with Crippen LogP contribution in [0, 0.1) is 17.1 Å². The van der Waals surface area contributed by atoms with Crippen molar-refractivity contribution in [3.8, 4) is 11.8 Å². The van der Waals surface area contributed by atoms with Crippen LogP contribution in [0.5, 0.6) is 5.75 Å². The molecule has 0 radical (unpaired) electrons. The Bertz CT molecular complexity index is 1230. The normalized spacial score (nSPS) is 15.1. The molecule has 1 aliphatic rings. The van der Waals surface area contributed by atoms with Crippen molar-refractivity contribution in [1.82, 2.24) is 4.90 Å². The number of fused-ring (bicyclic) bond motifs is 1. The van der Waals surface area contributed by atoms with Gasteiger partial charge in [0.25, 0.3) is 11.8 Å². The number of ether oxygens (including phenoxy) is 1. The van der Waals surface area contributed by atoms with E-state index in [1.165, 1.54) is 6.07 Å². The number of halogens is 1. The minimum Gasteiger partial charge on any atom is -0.480 e. The van der Waals surface area contributed by atoms with Gasteiger partial charge in [-0.05, 0) is 55.0 Å². The Hall–Kier alpha value is -4.18. The maximum absolute atomic E-state index is 14.2. The monoisotopic (exact) mass is 443 g/mol. The molecule has 1 atom stereocenters. The Morgan fingerprint density at radius 2 is 1.94 bits per heavy atom. The van der Waals surface area contributed by atoms with Gasteiger partial charge in [-0.25, -0.2) is 4.39 Å². The highest BCUT2D eigenvalue weighted by Crippen LogP contribution is 2.30. The number of carbonyl (C=O) groups excluding carboxylic acids is 2. The summed E-state index contributed by atoms with van der Waals surface area (Å²) >= 11 is 0. The molecule has 1 heterocycles. The second-order valence-corrected chi connectivity index (χ2v) is 7.77. The van der Waals surface area contributed by atoms with Gasteiger partial charge in [0, 0.05) is 35.5 Å².